The predicted octanol–water partition coefficient (Wildman–Crippen LogP) is 2.05. The Morgan fingerprint density at radius 3 is 2.35 bits per heavy atom. The van der Waals surface area contributed by atoms with E-state index < -0.39 is 23.8 Å². The summed E-state index contributed by atoms with van der Waals surface area (Å²) in [6.07, 6.45) is 0.840. The van der Waals surface area contributed by atoms with Crippen LogP contribution in [0.2, 0.25) is 0 Å². The molecular weight excluding hydrogens is 434 g/mol. The first-order valence-electron chi connectivity index (χ1n) is 11.2. The highest BCUT2D eigenvalue weighted by molar-refractivity contribution is 5.76. The van der Waals surface area contributed by atoms with Crippen LogP contribution in [0.15, 0.2) is 70.3 Å². The summed E-state index contributed by atoms with van der Waals surface area (Å²) in [5.41, 5.74) is 1.48. The molecule has 1 aliphatic heterocycles. The first-order valence-corrected chi connectivity index (χ1v) is 11.2. The van der Waals surface area contributed by atoms with Crippen LogP contribution in [0.5, 0.6) is 0 Å². The Labute approximate surface area is 195 Å². The fourth-order valence-corrected chi connectivity index (χ4v) is 4.34. The van der Waals surface area contributed by atoms with Crippen molar-refractivity contribution in [2.75, 3.05) is 11.4 Å². The van der Waals surface area contributed by atoms with Gasteiger partial charge in [0.1, 0.15) is 13.2 Å². The van der Waals surface area contributed by atoms with Crippen LogP contribution in [-0.2, 0) is 42.8 Å². The highest BCUT2D eigenvalue weighted by Crippen LogP contribution is 2.25. The molecule has 0 fully saturated rings. The second kappa shape index (κ2) is 9.01. The lowest BCUT2D eigenvalue weighted by molar-refractivity contribution is -0.145. The van der Waals surface area contributed by atoms with Crippen LogP contribution in [-0.4, -0.2) is 31.2 Å². The number of rotatable bonds is 6. The highest BCUT2D eigenvalue weighted by Gasteiger charge is 2.26. The quantitative estimate of drug-likeness (QED) is 0.410. The first kappa shape index (κ1) is 21.7. The predicted molar refractivity (Wildman–Crippen MR) is 128 cm³/mol. The molecule has 0 N–H and O–H groups in total. The van der Waals surface area contributed by atoms with Gasteiger partial charge in [0.15, 0.2) is 11.2 Å². The van der Waals surface area contributed by atoms with E-state index in [1.165, 1.54) is 4.57 Å². The highest BCUT2D eigenvalue weighted by atomic mass is 16.5. The molecule has 0 saturated heterocycles. The van der Waals surface area contributed by atoms with Crippen LogP contribution in [0.3, 0.4) is 0 Å². The minimum absolute atomic E-state index is 0.0769. The molecule has 2 aromatic heterocycles. The number of carbonyl (C=O) groups excluding carboxylic acids is 1. The Balaban J connectivity index is 1.47. The smallest absolute Gasteiger partial charge is 0.333 e. The average molecular weight is 460 g/mol. The van der Waals surface area contributed by atoms with Gasteiger partial charge in [0, 0.05) is 26.7 Å². The zero-order valence-electron chi connectivity index (χ0n) is 18.9. The van der Waals surface area contributed by atoms with Crippen LogP contribution >= 0.6 is 0 Å². The molecule has 9 heteroatoms. The van der Waals surface area contributed by atoms with Crippen molar-refractivity contribution in [3.63, 3.8) is 0 Å². The van der Waals surface area contributed by atoms with Gasteiger partial charge in [-0.15, -0.1) is 0 Å². The zero-order chi connectivity index (χ0) is 23.7. The van der Waals surface area contributed by atoms with Gasteiger partial charge in [-0.2, -0.15) is 4.98 Å². The minimum Gasteiger partial charge on any atom is -0.459 e. The first-order chi connectivity index (χ1) is 16.5. The van der Waals surface area contributed by atoms with Gasteiger partial charge in [0.25, 0.3) is 5.56 Å². The molecule has 0 amide bonds. The third kappa shape index (κ3) is 4.00. The summed E-state index contributed by atoms with van der Waals surface area (Å²) in [6.45, 7) is 1.68. The van der Waals surface area contributed by atoms with E-state index in [1.807, 2.05) is 65.2 Å². The van der Waals surface area contributed by atoms with Crippen LogP contribution in [0.1, 0.15) is 17.5 Å². The van der Waals surface area contributed by atoms with Crippen LogP contribution in [0.4, 0.5) is 5.95 Å². The number of carbonyl (C=O) groups is 1. The molecule has 0 radical (unpaired) electrons. The number of hydrogen-bond donors (Lipinski definition) is 0. The molecule has 5 rings (SSSR count). The molecule has 0 saturated carbocycles. The van der Waals surface area contributed by atoms with Crippen LogP contribution in [0, 0.1) is 0 Å². The summed E-state index contributed by atoms with van der Waals surface area (Å²) in [6, 6.07) is 19.3. The number of anilines is 1. The Kier molecular flexibility index (Phi) is 5.75. The summed E-state index contributed by atoms with van der Waals surface area (Å²) in [4.78, 5) is 45.6. The molecule has 3 heterocycles. The summed E-state index contributed by atoms with van der Waals surface area (Å²) in [5.74, 6) is 0.00750. The fraction of sp³-hybridized carbons (Fsp3) is 0.280. The van der Waals surface area contributed by atoms with Gasteiger partial charge in [-0.3, -0.25) is 14.2 Å². The molecule has 4 aromatic rings. The van der Waals surface area contributed by atoms with Crippen molar-refractivity contribution in [2.45, 2.75) is 32.7 Å². The number of imidazole rings is 1. The molecule has 0 spiro atoms. The van der Waals surface area contributed by atoms with Crippen molar-refractivity contribution in [3.05, 3.63) is 92.6 Å². The number of aryl methyl sites for hydroxylation is 2. The van der Waals surface area contributed by atoms with E-state index in [1.54, 1.807) is 7.05 Å². The lowest BCUT2D eigenvalue weighted by Gasteiger charge is -2.29. The molecule has 0 unspecified atom stereocenters. The average Bonchev–Trinajstić information content (AvgIpc) is 3.26. The summed E-state index contributed by atoms with van der Waals surface area (Å²) < 4.78 is 9.41. The van der Waals surface area contributed by atoms with Gasteiger partial charge in [-0.1, -0.05) is 60.7 Å². The number of nitrogens with zero attached hydrogens (tertiary/aromatic N) is 5. The third-order valence-electron chi connectivity index (χ3n) is 6.05. The molecule has 9 nitrogen and oxygen atoms in total. The number of aromatic nitrogens is 4. The van der Waals surface area contributed by atoms with E-state index in [4.69, 9.17) is 4.74 Å². The number of esters is 1. The maximum atomic E-state index is 13.4. The van der Waals surface area contributed by atoms with Crippen molar-refractivity contribution in [1.82, 2.24) is 18.7 Å². The Bertz CT molecular complexity index is 1450. The fourth-order valence-electron chi connectivity index (χ4n) is 4.34. The van der Waals surface area contributed by atoms with E-state index in [0.717, 1.165) is 28.7 Å². The second-order valence-corrected chi connectivity index (χ2v) is 8.38. The van der Waals surface area contributed by atoms with Gasteiger partial charge in [-0.05, 0) is 17.5 Å². The summed E-state index contributed by atoms with van der Waals surface area (Å²) in [7, 11) is 1.57. The Morgan fingerprint density at radius 1 is 0.971 bits per heavy atom. The van der Waals surface area contributed by atoms with Crippen molar-refractivity contribution in [1.29, 1.82) is 0 Å². The summed E-state index contributed by atoms with van der Waals surface area (Å²) >= 11 is 0. The summed E-state index contributed by atoms with van der Waals surface area (Å²) in [5, 5.41) is 0. The maximum absolute atomic E-state index is 13.4. The molecule has 34 heavy (non-hydrogen) atoms. The van der Waals surface area contributed by atoms with Crippen molar-refractivity contribution in [3.8, 4) is 0 Å². The SMILES string of the molecule is Cn1c(=O)n(CC(=O)OCc2ccccc2)c(=O)c2c1nc1n2CCCN1Cc1ccccc1. The largest absolute Gasteiger partial charge is 0.459 e. The standard InChI is InChI=1S/C25H25N5O4/c1-27-22-21(29-14-8-13-28(24(29)26-22)15-18-9-4-2-5-10-18)23(32)30(25(27)33)16-20(31)34-17-19-11-6-3-7-12-19/h2-7,9-12H,8,13-17H2,1H3. The topological polar surface area (TPSA) is 91.4 Å². The van der Waals surface area contributed by atoms with Crippen LogP contribution in [0.25, 0.3) is 11.2 Å². The molecule has 0 atom stereocenters. The van der Waals surface area contributed by atoms with Crippen LogP contribution < -0.4 is 16.1 Å². The number of ether oxygens (including phenoxy) is 1. The maximum Gasteiger partial charge on any atom is 0.333 e. The number of hydrogen-bond acceptors (Lipinski definition) is 6. The number of fused-ring (bicyclic) bond motifs is 3. The lowest BCUT2D eigenvalue weighted by atomic mass is 10.2. The normalized spacial score (nSPS) is 13.1. The lowest BCUT2D eigenvalue weighted by Crippen LogP contribution is -2.42. The van der Waals surface area contributed by atoms with E-state index in [2.05, 4.69) is 9.88 Å². The van der Waals surface area contributed by atoms with E-state index in [0.29, 0.717) is 30.2 Å². The molecule has 0 aliphatic carbocycles. The van der Waals surface area contributed by atoms with Gasteiger partial charge in [-0.25, -0.2) is 9.36 Å². The van der Waals surface area contributed by atoms with E-state index in [9.17, 15) is 14.4 Å². The van der Waals surface area contributed by atoms with Crippen molar-refractivity contribution >= 4 is 23.1 Å². The molecule has 174 valence electrons. The van der Waals surface area contributed by atoms with Crippen molar-refractivity contribution in [2.24, 2.45) is 7.05 Å². The van der Waals surface area contributed by atoms with Gasteiger partial charge < -0.3 is 14.2 Å². The number of benzene rings is 2. The Morgan fingerprint density at radius 2 is 1.65 bits per heavy atom. The van der Waals surface area contributed by atoms with E-state index >= 15 is 0 Å². The minimum atomic E-state index is -0.647. The van der Waals surface area contributed by atoms with E-state index in [-0.39, 0.29) is 6.61 Å². The van der Waals surface area contributed by atoms with Gasteiger partial charge in [0.05, 0.1) is 0 Å². The van der Waals surface area contributed by atoms with Gasteiger partial charge >= 0.3 is 11.7 Å². The molecule has 0 bridgehead atoms. The monoisotopic (exact) mass is 459 g/mol. The third-order valence-corrected chi connectivity index (χ3v) is 6.05. The molecule has 1 aliphatic rings. The second-order valence-electron chi connectivity index (χ2n) is 8.38. The molecule has 2 aromatic carbocycles. The zero-order valence-corrected chi connectivity index (χ0v) is 18.9. The Hall–Kier alpha value is -4.14. The molecular formula is C25H25N5O4. The van der Waals surface area contributed by atoms with Crippen molar-refractivity contribution < 1.29 is 9.53 Å². The van der Waals surface area contributed by atoms with Gasteiger partial charge in [0.2, 0.25) is 5.95 Å².